The van der Waals surface area contributed by atoms with E-state index in [2.05, 4.69) is 26.6 Å². The van der Waals surface area contributed by atoms with Crippen molar-refractivity contribution < 1.29 is 9.59 Å². The smallest absolute Gasteiger partial charge is 0.319 e. The standard InChI is InChI=1S/C19H20BrN3O2/c1-12-3-6-16(7-4-12)23-11-15(10-18(23)24)22-19(25)21-14-5-8-17(20)13(2)9-14/h3-9,15H,10-11H2,1-2H3,(H2,21,22,25)/t15-/m0/s1. The van der Waals surface area contributed by atoms with E-state index in [9.17, 15) is 9.59 Å². The number of anilines is 2. The summed E-state index contributed by atoms with van der Waals surface area (Å²) < 4.78 is 0.994. The third-order valence-corrected chi connectivity index (χ3v) is 5.11. The summed E-state index contributed by atoms with van der Waals surface area (Å²) in [4.78, 5) is 26.2. The van der Waals surface area contributed by atoms with Crippen LogP contribution in [0.1, 0.15) is 17.5 Å². The van der Waals surface area contributed by atoms with Gasteiger partial charge in [-0.3, -0.25) is 4.79 Å². The molecule has 1 saturated heterocycles. The Morgan fingerprint density at radius 2 is 1.88 bits per heavy atom. The lowest BCUT2D eigenvalue weighted by atomic mass is 10.2. The van der Waals surface area contributed by atoms with Crippen LogP contribution in [0.2, 0.25) is 0 Å². The molecule has 0 spiro atoms. The molecular weight excluding hydrogens is 382 g/mol. The molecule has 5 nitrogen and oxygen atoms in total. The number of nitrogens with one attached hydrogen (secondary N) is 2. The van der Waals surface area contributed by atoms with Gasteiger partial charge in [0.25, 0.3) is 0 Å². The lowest BCUT2D eigenvalue weighted by Gasteiger charge is -2.17. The maximum Gasteiger partial charge on any atom is 0.319 e. The molecule has 6 heteroatoms. The zero-order valence-electron chi connectivity index (χ0n) is 14.2. The van der Waals surface area contributed by atoms with E-state index in [4.69, 9.17) is 0 Å². The lowest BCUT2D eigenvalue weighted by Crippen LogP contribution is -2.39. The number of hydrogen-bond donors (Lipinski definition) is 2. The Balaban J connectivity index is 1.60. The third kappa shape index (κ3) is 4.20. The van der Waals surface area contributed by atoms with Crippen LogP contribution in [-0.4, -0.2) is 24.5 Å². The number of benzene rings is 2. The number of amides is 3. The van der Waals surface area contributed by atoms with E-state index in [1.165, 1.54) is 0 Å². The Hall–Kier alpha value is -2.34. The van der Waals surface area contributed by atoms with Gasteiger partial charge in [-0.25, -0.2) is 4.79 Å². The van der Waals surface area contributed by atoms with Crippen LogP contribution in [0.25, 0.3) is 0 Å². The van der Waals surface area contributed by atoms with E-state index in [0.717, 1.165) is 27.0 Å². The number of carbonyl (C=O) groups excluding carboxylic acids is 2. The second kappa shape index (κ2) is 7.27. The summed E-state index contributed by atoms with van der Waals surface area (Å²) in [6.45, 7) is 4.45. The van der Waals surface area contributed by atoms with Crippen LogP contribution >= 0.6 is 15.9 Å². The molecule has 0 radical (unpaired) electrons. The number of aryl methyl sites for hydroxylation is 2. The zero-order valence-corrected chi connectivity index (χ0v) is 15.8. The molecule has 25 heavy (non-hydrogen) atoms. The minimum atomic E-state index is -0.301. The highest BCUT2D eigenvalue weighted by Crippen LogP contribution is 2.23. The van der Waals surface area contributed by atoms with Crippen molar-refractivity contribution in [1.82, 2.24) is 5.32 Å². The van der Waals surface area contributed by atoms with Gasteiger partial charge >= 0.3 is 6.03 Å². The first-order valence-corrected chi connectivity index (χ1v) is 8.92. The van der Waals surface area contributed by atoms with Gasteiger partial charge in [0.05, 0.1) is 6.04 Å². The molecule has 1 aliphatic rings. The van der Waals surface area contributed by atoms with Crippen molar-refractivity contribution in [3.8, 4) is 0 Å². The second-order valence-electron chi connectivity index (χ2n) is 6.30. The van der Waals surface area contributed by atoms with Crippen molar-refractivity contribution in [1.29, 1.82) is 0 Å². The molecular formula is C19H20BrN3O2. The summed E-state index contributed by atoms with van der Waals surface area (Å²) in [5.41, 5.74) is 3.77. The molecule has 0 aromatic heterocycles. The summed E-state index contributed by atoms with van der Waals surface area (Å²) in [6.07, 6.45) is 0.306. The molecule has 130 valence electrons. The molecule has 1 fully saturated rings. The minimum absolute atomic E-state index is 0.0219. The highest BCUT2D eigenvalue weighted by Gasteiger charge is 2.31. The quantitative estimate of drug-likeness (QED) is 0.816. The van der Waals surface area contributed by atoms with Crippen LogP contribution in [0.5, 0.6) is 0 Å². The average molecular weight is 402 g/mol. The highest BCUT2D eigenvalue weighted by atomic mass is 79.9. The van der Waals surface area contributed by atoms with Crippen LogP contribution in [0.15, 0.2) is 46.9 Å². The van der Waals surface area contributed by atoms with Crippen molar-refractivity contribution in [3.05, 3.63) is 58.1 Å². The zero-order chi connectivity index (χ0) is 18.0. The van der Waals surface area contributed by atoms with E-state index in [1.54, 1.807) is 4.90 Å². The summed E-state index contributed by atoms with van der Waals surface area (Å²) in [5, 5.41) is 5.69. The normalized spacial score (nSPS) is 16.8. The molecule has 3 amide bonds. The van der Waals surface area contributed by atoms with Gasteiger partial charge in [-0.05, 0) is 49.7 Å². The first kappa shape index (κ1) is 17.5. The Morgan fingerprint density at radius 1 is 1.16 bits per heavy atom. The Bertz CT molecular complexity index is 805. The van der Waals surface area contributed by atoms with Crippen LogP contribution in [0.3, 0.4) is 0 Å². The fourth-order valence-corrected chi connectivity index (χ4v) is 3.10. The van der Waals surface area contributed by atoms with Gasteiger partial charge in [-0.2, -0.15) is 0 Å². The largest absolute Gasteiger partial charge is 0.333 e. The molecule has 0 unspecified atom stereocenters. The van der Waals surface area contributed by atoms with Gasteiger partial charge in [0.2, 0.25) is 5.91 Å². The topological polar surface area (TPSA) is 61.4 Å². The van der Waals surface area contributed by atoms with Gasteiger partial charge in [0, 0.05) is 28.8 Å². The van der Waals surface area contributed by atoms with E-state index in [0.29, 0.717) is 13.0 Å². The molecule has 1 atom stereocenters. The van der Waals surface area contributed by atoms with Crippen molar-refractivity contribution >= 4 is 39.2 Å². The van der Waals surface area contributed by atoms with Crippen LogP contribution in [0, 0.1) is 13.8 Å². The van der Waals surface area contributed by atoms with Crippen molar-refractivity contribution in [2.45, 2.75) is 26.3 Å². The number of halogens is 1. The van der Waals surface area contributed by atoms with E-state index < -0.39 is 0 Å². The molecule has 1 aliphatic heterocycles. The first-order chi connectivity index (χ1) is 11.9. The number of nitrogens with zero attached hydrogens (tertiary/aromatic N) is 1. The number of hydrogen-bond acceptors (Lipinski definition) is 2. The Kier molecular flexibility index (Phi) is 5.08. The monoisotopic (exact) mass is 401 g/mol. The predicted molar refractivity (Wildman–Crippen MR) is 103 cm³/mol. The molecule has 3 rings (SSSR count). The fourth-order valence-electron chi connectivity index (χ4n) is 2.85. The number of urea groups is 1. The van der Waals surface area contributed by atoms with Crippen molar-refractivity contribution in [2.75, 3.05) is 16.8 Å². The van der Waals surface area contributed by atoms with E-state index in [-0.39, 0.29) is 18.0 Å². The van der Waals surface area contributed by atoms with Gasteiger partial charge in [-0.1, -0.05) is 33.6 Å². The van der Waals surface area contributed by atoms with Gasteiger partial charge < -0.3 is 15.5 Å². The summed E-state index contributed by atoms with van der Waals surface area (Å²) in [5.74, 6) is 0.0219. The maximum atomic E-state index is 12.2. The maximum absolute atomic E-state index is 12.2. The van der Waals surface area contributed by atoms with E-state index in [1.807, 2.05) is 56.3 Å². The number of rotatable bonds is 3. The highest BCUT2D eigenvalue weighted by molar-refractivity contribution is 9.10. The Morgan fingerprint density at radius 3 is 2.56 bits per heavy atom. The predicted octanol–water partition coefficient (Wildman–Crippen LogP) is 3.99. The fraction of sp³-hybridized carbons (Fsp3) is 0.263. The minimum Gasteiger partial charge on any atom is -0.333 e. The number of carbonyl (C=O) groups is 2. The molecule has 1 heterocycles. The van der Waals surface area contributed by atoms with Crippen LogP contribution in [0.4, 0.5) is 16.2 Å². The first-order valence-electron chi connectivity index (χ1n) is 8.13. The van der Waals surface area contributed by atoms with Gasteiger partial charge in [-0.15, -0.1) is 0 Å². The third-order valence-electron chi connectivity index (χ3n) is 4.22. The second-order valence-corrected chi connectivity index (χ2v) is 7.16. The average Bonchev–Trinajstić information content (AvgIpc) is 2.92. The lowest BCUT2D eigenvalue weighted by molar-refractivity contribution is -0.117. The Labute approximate surface area is 155 Å². The molecule has 2 N–H and O–H groups in total. The van der Waals surface area contributed by atoms with Crippen molar-refractivity contribution in [3.63, 3.8) is 0 Å². The SMILES string of the molecule is Cc1ccc(N2C[C@@H](NC(=O)Nc3ccc(Br)c(C)c3)CC2=O)cc1. The molecule has 2 aromatic rings. The molecule has 0 bridgehead atoms. The summed E-state index contributed by atoms with van der Waals surface area (Å²) >= 11 is 3.43. The van der Waals surface area contributed by atoms with Gasteiger partial charge in [0.15, 0.2) is 0 Å². The van der Waals surface area contributed by atoms with Crippen LogP contribution < -0.4 is 15.5 Å². The summed E-state index contributed by atoms with van der Waals surface area (Å²) in [7, 11) is 0. The molecule has 0 aliphatic carbocycles. The van der Waals surface area contributed by atoms with Gasteiger partial charge in [0.1, 0.15) is 0 Å². The van der Waals surface area contributed by atoms with Crippen molar-refractivity contribution in [2.24, 2.45) is 0 Å². The summed E-state index contributed by atoms with van der Waals surface area (Å²) in [6, 6.07) is 12.9. The van der Waals surface area contributed by atoms with E-state index >= 15 is 0 Å². The van der Waals surface area contributed by atoms with Crippen LogP contribution in [-0.2, 0) is 4.79 Å². The molecule has 0 saturated carbocycles. The molecule has 2 aromatic carbocycles.